The molecule has 7 heterocycles. The monoisotopic (exact) mass is 906 g/mol. The van der Waals surface area contributed by atoms with Gasteiger partial charge in [0.25, 0.3) is 0 Å². The van der Waals surface area contributed by atoms with Gasteiger partial charge in [0.05, 0.1) is 55.6 Å². The van der Waals surface area contributed by atoms with E-state index in [1.807, 2.05) is 30.7 Å². The van der Waals surface area contributed by atoms with Crippen molar-refractivity contribution in [2.45, 2.75) is 5.41 Å². The molecular weight excluding hydrogens is 869 g/mol. The molecule has 1 aliphatic heterocycles. The first-order chi connectivity index (χ1) is 35.2. The molecule has 0 unspecified atom stereocenters. The lowest BCUT2D eigenvalue weighted by Crippen LogP contribution is -2.32. The molecule has 0 amide bonds. The van der Waals surface area contributed by atoms with E-state index in [4.69, 9.17) is 19.7 Å². The molecule has 8 aromatic carbocycles. The zero-order valence-corrected chi connectivity index (χ0v) is 38.0. The Morgan fingerprint density at radius 3 is 1.39 bits per heavy atom. The van der Waals surface area contributed by atoms with Crippen LogP contribution in [0.1, 0.15) is 22.3 Å². The minimum atomic E-state index is -0.748. The first-order valence-corrected chi connectivity index (χ1v) is 24.1. The van der Waals surface area contributed by atoms with Crippen molar-refractivity contribution in [3.8, 4) is 51.2 Å². The molecule has 2 aliphatic rings. The third-order valence-corrected chi connectivity index (χ3v) is 15.3. The van der Waals surface area contributed by atoms with E-state index in [9.17, 15) is 0 Å². The summed E-state index contributed by atoms with van der Waals surface area (Å²) in [5, 5.41) is 7.21. The summed E-state index contributed by atoms with van der Waals surface area (Å²) in [4.78, 5) is 15.1. The fraction of sp³-hybridized carbons (Fsp3) is 0.0156. The largest absolute Gasteiger partial charge is 0.457 e. The number of nitrogens with zero attached hydrogens (tertiary/aromatic N) is 6. The second-order valence-electron chi connectivity index (χ2n) is 18.7. The van der Waals surface area contributed by atoms with Crippen LogP contribution >= 0.6 is 0 Å². The molecule has 0 atom stereocenters. The molecule has 1 aliphatic carbocycles. The topological polar surface area (TPSA) is 62.7 Å². The van der Waals surface area contributed by atoms with Crippen LogP contribution in [0.4, 0.5) is 0 Å². The Bertz CT molecular complexity index is 4440. The Hall–Kier alpha value is -9.59. The van der Waals surface area contributed by atoms with E-state index in [-0.39, 0.29) is 0 Å². The van der Waals surface area contributed by atoms with Crippen molar-refractivity contribution >= 4 is 65.4 Å². The first kappa shape index (κ1) is 38.4. The van der Waals surface area contributed by atoms with Crippen LogP contribution in [0, 0.1) is 0 Å². The predicted molar refractivity (Wildman–Crippen MR) is 286 cm³/mol. The Balaban J connectivity index is 0.866. The minimum Gasteiger partial charge on any atom is -0.457 e. The summed E-state index contributed by atoms with van der Waals surface area (Å²) in [7, 11) is 0. The van der Waals surface area contributed by atoms with Gasteiger partial charge in [-0.05, 0) is 107 Å². The number of hydrogen-bond acceptors (Lipinski definition) is 4. The number of hydrogen-bond donors (Lipinski definition) is 0. The van der Waals surface area contributed by atoms with Gasteiger partial charge in [0.2, 0.25) is 0 Å². The molecule has 0 saturated carbocycles. The van der Waals surface area contributed by atoms with Crippen LogP contribution in [0.5, 0.6) is 11.5 Å². The molecular formula is C64H38N6O. The van der Waals surface area contributed by atoms with E-state index in [1.54, 1.807) is 0 Å². The molecule has 0 N–H and O–H groups in total. The maximum atomic E-state index is 7.15. The summed E-state index contributed by atoms with van der Waals surface area (Å²) in [6.07, 6.45) is 5.68. The highest BCUT2D eigenvalue weighted by Crippen LogP contribution is 2.62. The summed E-state index contributed by atoms with van der Waals surface area (Å²) in [5.74, 6) is 2.47. The third-order valence-electron chi connectivity index (χ3n) is 15.3. The Labute approximate surface area is 406 Å². The summed E-state index contributed by atoms with van der Waals surface area (Å²) in [6.45, 7) is 0. The molecule has 1 spiro atoms. The molecule has 330 valence electrons. The summed E-state index contributed by atoms with van der Waals surface area (Å²) < 4.78 is 14.2. The lowest BCUT2D eigenvalue weighted by atomic mass is 9.66. The van der Waals surface area contributed by atoms with Gasteiger partial charge in [-0.2, -0.15) is 0 Å². The summed E-state index contributed by atoms with van der Waals surface area (Å²) in [5.41, 5.74) is 16.4. The van der Waals surface area contributed by atoms with Gasteiger partial charge in [0, 0.05) is 73.8 Å². The van der Waals surface area contributed by atoms with Gasteiger partial charge < -0.3 is 13.9 Å². The average Bonchev–Trinajstić information content (AvgIpc) is 4.16. The van der Waals surface area contributed by atoms with Gasteiger partial charge in [0.15, 0.2) is 0 Å². The second-order valence-corrected chi connectivity index (χ2v) is 18.7. The third kappa shape index (κ3) is 5.13. The van der Waals surface area contributed by atoms with Gasteiger partial charge in [-0.15, -0.1) is 0 Å². The molecule has 71 heavy (non-hydrogen) atoms. The number of ether oxygens (including phenoxy) is 1. The van der Waals surface area contributed by atoms with Crippen molar-refractivity contribution in [2.75, 3.05) is 0 Å². The lowest BCUT2D eigenvalue weighted by molar-refractivity contribution is 0.436. The number of para-hydroxylation sites is 5. The predicted octanol–water partition coefficient (Wildman–Crippen LogP) is 15.3. The SMILES string of the molecule is c1cnc2c(c1)C1(c3ccc(-c4ccc5c(c4)c4ccccc4n5-c4cc(-n5c6ccccc6c6ccccc65)ccn4)cc3Oc3ccc(-n4c5ccccc5c5ccccc54)cc31)c1cccnc1-2. The van der Waals surface area contributed by atoms with Gasteiger partial charge >= 0.3 is 0 Å². The van der Waals surface area contributed by atoms with E-state index in [0.29, 0.717) is 0 Å². The van der Waals surface area contributed by atoms with Crippen LogP contribution in [0.25, 0.3) is 105 Å². The highest BCUT2D eigenvalue weighted by molar-refractivity contribution is 6.12. The van der Waals surface area contributed by atoms with E-state index in [1.165, 1.54) is 32.6 Å². The van der Waals surface area contributed by atoms with Crippen molar-refractivity contribution in [3.05, 3.63) is 253 Å². The van der Waals surface area contributed by atoms with Crippen molar-refractivity contribution in [1.82, 2.24) is 28.7 Å². The summed E-state index contributed by atoms with van der Waals surface area (Å²) in [6, 6.07) is 76.3. The number of benzene rings is 8. The summed E-state index contributed by atoms with van der Waals surface area (Å²) >= 11 is 0. The van der Waals surface area contributed by atoms with Crippen LogP contribution < -0.4 is 4.74 Å². The molecule has 14 aromatic rings. The van der Waals surface area contributed by atoms with Crippen LogP contribution in [-0.4, -0.2) is 28.7 Å². The number of aromatic nitrogens is 6. The zero-order valence-electron chi connectivity index (χ0n) is 38.0. The van der Waals surface area contributed by atoms with E-state index in [2.05, 4.69) is 214 Å². The normalized spacial score (nSPS) is 13.3. The molecule has 16 rings (SSSR count). The van der Waals surface area contributed by atoms with Crippen LogP contribution in [0.3, 0.4) is 0 Å². The van der Waals surface area contributed by atoms with Gasteiger partial charge in [-0.3, -0.25) is 14.5 Å². The standard InChI is InChI=1S/C64H38N6O/c1-6-20-53-43(13-1)44-14-2-7-21-54(44)68(53)41-27-30-59-52(37-41)64(50-18-11-32-66-62(50)63-51(64)19-12-33-67-63)49-28-25-40(36-60(49)71-59)39-26-29-58-48(35-39)47-17-5-10-24-57(47)70(58)61-38-42(31-34-65-61)69-55-22-8-3-15-45(55)46-16-4-9-23-56(46)69/h1-38H. The van der Waals surface area contributed by atoms with Crippen molar-refractivity contribution in [1.29, 1.82) is 0 Å². The van der Waals surface area contributed by atoms with E-state index in [0.717, 1.165) is 106 Å². The number of rotatable bonds is 4. The second kappa shape index (κ2) is 14.2. The lowest BCUT2D eigenvalue weighted by Gasteiger charge is -2.39. The van der Waals surface area contributed by atoms with E-state index < -0.39 is 5.41 Å². The molecule has 7 heteroatoms. The molecule has 7 nitrogen and oxygen atoms in total. The molecule has 0 radical (unpaired) electrons. The Morgan fingerprint density at radius 2 is 0.803 bits per heavy atom. The number of fused-ring (bicyclic) bond motifs is 18. The fourth-order valence-electron chi connectivity index (χ4n) is 12.4. The molecule has 6 aromatic heterocycles. The highest BCUT2D eigenvalue weighted by atomic mass is 16.5. The van der Waals surface area contributed by atoms with Crippen molar-refractivity contribution < 1.29 is 4.74 Å². The maximum absolute atomic E-state index is 7.15. The van der Waals surface area contributed by atoms with Gasteiger partial charge in [0.1, 0.15) is 17.3 Å². The fourth-order valence-corrected chi connectivity index (χ4v) is 12.4. The average molecular weight is 907 g/mol. The smallest absolute Gasteiger partial charge is 0.139 e. The van der Waals surface area contributed by atoms with Crippen LogP contribution in [-0.2, 0) is 5.41 Å². The maximum Gasteiger partial charge on any atom is 0.139 e. The molecule has 0 saturated heterocycles. The Morgan fingerprint density at radius 1 is 0.310 bits per heavy atom. The molecule has 0 bridgehead atoms. The first-order valence-electron chi connectivity index (χ1n) is 24.1. The van der Waals surface area contributed by atoms with Gasteiger partial charge in [-0.1, -0.05) is 121 Å². The number of pyridine rings is 3. The minimum absolute atomic E-state index is 0.748. The quantitative estimate of drug-likeness (QED) is 0.176. The molecule has 0 fully saturated rings. The Kier molecular flexibility index (Phi) is 7.69. The van der Waals surface area contributed by atoms with Crippen molar-refractivity contribution in [2.24, 2.45) is 0 Å². The van der Waals surface area contributed by atoms with Crippen LogP contribution in [0.15, 0.2) is 231 Å². The van der Waals surface area contributed by atoms with Crippen LogP contribution in [0.2, 0.25) is 0 Å². The van der Waals surface area contributed by atoms with Gasteiger partial charge in [-0.25, -0.2) is 4.98 Å². The highest BCUT2D eigenvalue weighted by Gasteiger charge is 2.52. The van der Waals surface area contributed by atoms with Crippen molar-refractivity contribution in [3.63, 3.8) is 0 Å². The van der Waals surface area contributed by atoms with E-state index >= 15 is 0 Å². The zero-order chi connectivity index (χ0) is 46.4.